The van der Waals surface area contributed by atoms with Crippen LogP contribution in [0.4, 0.5) is 0 Å². The van der Waals surface area contributed by atoms with E-state index in [0.717, 1.165) is 12.3 Å². The van der Waals surface area contributed by atoms with Crippen LogP contribution in [0, 0.1) is 0 Å². The van der Waals surface area contributed by atoms with Gasteiger partial charge in [0.25, 0.3) is 0 Å². The van der Waals surface area contributed by atoms with E-state index in [1.807, 2.05) is 36.4 Å². The summed E-state index contributed by atoms with van der Waals surface area (Å²) in [6.45, 7) is 6.73. The molecule has 0 aliphatic carbocycles. The zero-order chi connectivity index (χ0) is 13.8. The van der Waals surface area contributed by atoms with Crippen LogP contribution in [0.5, 0.6) is 0 Å². The fraction of sp³-hybridized carbons (Fsp3) is 0. The number of carboxylic acids is 1. The molecule has 0 aliphatic heterocycles. The number of benzene rings is 1. The Morgan fingerprint density at radius 1 is 1.11 bits per heavy atom. The molecule has 0 fully saturated rings. The van der Waals surface area contributed by atoms with Crippen LogP contribution in [0.3, 0.4) is 0 Å². The van der Waals surface area contributed by atoms with Crippen molar-refractivity contribution >= 4 is 18.0 Å². The fourth-order valence-corrected chi connectivity index (χ4v) is 0.850. The number of aliphatic carboxylic acids is 1. The van der Waals surface area contributed by atoms with E-state index >= 15 is 0 Å². The van der Waals surface area contributed by atoms with Crippen molar-refractivity contribution in [2.75, 3.05) is 0 Å². The molecule has 0 saturated heterocycles. The number of esters is 1. The Hall–Kier alpha value is -2.62. The third-order valence-corrected chi connectivity index (χ3v) is 1.60. The molecule has 18 heavy (non-hydrogen) atoms. The quantitative estimate of drug-likeness (QED) is 0.504. The highest BCUT2D eigenvalue weighted by molar-refractivity contribution is 5.90. The van der Waals surface area contributed by atoms with E-state index in [1.165, 1.54) is 5.56 Å². The van der Waals surface area contributed by atoms with E-state index in [1.54, 1.807) is 0 Å². The summed E-state index contributed by atoms with van der Waals surface area (Å²) in [5.41, 5.74) is 1.17. The van der Waals surface area contributed by atoms with Gasteiger partial charge in [0.05, 0.1) is 6.26 Å². The predicted octanol–water partition coefficient (Wildman–Crippen LogP) is 2.64. The summed E-state index contributed by atoms with van der Waals surface area (Å²) in [6, 6.07) is 10.0. The molecule has 4 heteroatoms. The van der Waals surface area contributed by atoms with Crippen molar-refractivity contribution in [3.05, 3.63) is 67.5 Å². The highest BCUT2D eigenvalue weighted by Crippen LogP contribution is 1.97. The number of carbonyl (C=O) groups is 2. The highest BCUT2D eigenvalue weighted by atomic mass is 16.5. The van der Waals surface area contributed by atoms with E-state index < -0.39 is 11.9 Å². The van der Waals surface area contributed by atoms with E-state index in [-0.39, 0.29) is 0 Å². The second-order valence-electron chi connectivity index (χ2n) is 2.89. The van der Waals surface area contributed by atoms with Crippen molar-refractivity contribution < 1.29 is 19.4 Å². The SMILES string of the molecule is C=COC(=O)/C=C\C(=O)O.C=Cc1ccccc1. The molecule has 1 N–H and O–H groups in total. The van der Waals surface area contributed by atoms with Crippen molar-refractivity contribution in [2.24, 2.45) is 0 Å². The molecule has 0 radical (unpaired) electrons. The van der Waals surface area contributed by atoms with Gasteiger partial charge in [0.1, 0.15) is 0 Å². The van der Waals surface area contributed by atoms with E-state index in [0.29, 0.717) is 6.08 Å². The Labute approximate surface area is 106 Å². The van der Waals surface area contributed by atoms with Crippen LogP contribution in [-0.2, 0) is 14.3 Å². The molecule has 0 spiro atoms. The zero-order valence-electron chi connectivity index (χ0n) is 9.78. The first-order valence-corrected chi connectivity index (χ1v) is 5.00. The maximum Gasteiger partial charge on any atom is 0.335 e. The Morgan fingerprint density at radius 2 is 1.72 bits per heavy atom. The van der Waals surface area contributed by atoms with E-state index in [2.05, 4.69) is 17.9 Å². The van der Waals surface area contributed by atoms with Gasteiger partial charge in [-0.2, -0.15) is 0 Å². The van der Waals surface area contributed by atoms with E-state index in [9.17, 15) is 9.59 Å². The lowest BCUT2D eigenvalue weighted by molar-refractivity contribution is -0.134. The molecule has 1 aromatic carbocycles. The molecule has 1 rings (SSSR count). The molecule has 0 heterocycles. The maximum atomic E-state index is 10.3. The number of rotatable bonds is 4. The minimum atomic E-state index is -1.19. The predicted molar refractivity (Wildman–Crippen MR) is 69.6 cm³/mol. The largest absolute Gasteiger partial charge is 0.478 e. The van der Waals surface area contributed by atoms with Crippen LogP contribution in [-0.4, -0.2) is 17.0 Å². The molecule has 0 unspecified atom stereocenters. The Morgan fingerprint density at radius 3 is 2.11 bits per heavy atom. The molecule has 0 aromatic heterocycles. The van der Waals surface area contributed by atoms with Crippen LogP contribution in [0.15, 0.2) is 61.9 Å². The topological polar surface area (TPSA) is 63.6 Å². The summed E-state index contributed by atoms with van der Waals surface area (Å²) in [4.78, 5) is 20.1. The van der Waals surface area contributed by atoms with Crippen molar-refractivity contribution in [1.29, 1.82) is 0 Å². The average Bonchev–Trinajstić information content (AvgIpc) is 2.38. The van der Waals surface area contributed by atoms with Gasteiger partial charge >= 0.3 is 11.9 Å². The van der Waals surface area contributed by atoms with Gasteiger partial charge in [0.15, 0.2) is 0 Å². The first-order chi connectivity index (χ1) is 8.60. The summed E-state index contributed by atoms with van der Waals surface area (Å²) in [5.74, 6) is -1.95. The highest BCUT2D eigenvalue weighted by Gasteiger charge is 1.93. The molecule has 1 aromatic rings. The van der Waals surface area contributed by atoms with Crippen LogP contribution in [0.1, 0.15) is 5.56 Å². The second kappa shape index (κ2) is 9.59. The van der Waals surface area contributed by atoms with Crippen molar-refractivity contribution in [1.82, 2.24) is 0 Å². The third kappa shape index (κ3) is 8.67. The summed E-state index contributed by atoms with van der Waals surface area (Å²) in [7, 11) is 0. The second-order valence-corrected chi connectivity index (χ2v) is 2.89. The summed E-state index contributed by atoms with van der Waals surface area (Å²) >= 11 is 0. The summed E-state index contributed by atoms with van der Waals surface area (Å²) < 4.78 is 4.17. The fourth-order valence-electron chi connectivity index (χ4n) is 0.850. The van der Waals surface area contributed by atoms with Gasteiger partial charge in [-0.3, -0.25) is 0 Å². The first kappa shape index (κ1) is 15.4. The van der Waals surface area contributed by atoms with Crippen molar-refractivity contribution in [2.45, 2.75) is 0 Å². The minimum absolute atomic E-state index is 0.686. The lowest BCUT2D eigenvalue weighted by atomic mass is 10.2. The van der Waals surface area contributed by atoms with Gasteiger partial charge in [-0.15, -0.1) is 0 Å². The molecule has 0 atom stereocenters. The summed E-state index contributed by atoms with van der Waals surface area (Å²) in [6.07, 6.45) is 4.24. The minimum Gasteiger partial charge on any atom is -0.478 e. The number of carboxylic acid groups (broad SMARTS) is 1. The van der Waals surface area contributed by atoms with Gasteiger partial charge in [-0.05, 0) is 5.56 Å². The van der Waals surface area contributed by atoms with Crippen LogP contribution >= 0.6 is 0 Å². The average molecular weight is 246 g/mol. The molecule has 0 bridgehead atoms. The van der Waals surface area contributed by atoms with Crippen LogP contribution < -0.4 is 0 Å². The molecular weight excluding hydrogens is 232 g/mol. The normalized spacial score (nSPS) is 8.89. The van der Waals surface area contributed by atoms with Crippen LogP contribution in [0.25, 0.3) is 6.08 Å². The number of hydrogen-bond donors (Lipinski definition) is 1. The molecular formula is C14H14O4. The molecule has 0 aliphatic rings. The van der Waals surface area contributed by atoms with Gasteiger partial charge in [0, 0.05) is 12.2 Å². The molecule has 0 saturated carbocycles. The zero-order valence-corrected chi connectivity index (χ0v) is 9.78. The van der Waals surface area contributed by atoms with Crippen LogP contribution in [0.2, 0.25) is 0 Å². The lowest BCUT2D eigenvalue weighted by Gasteiger charge is -1.87. The molecule has 4 nitrogen and oxygen atoms in total. The van der Waals surface area contributed by atoms with Gasteiger partial charge in [-0.1, -0.05) is 49.6 Å². The smallest absolute Gasteiger partial charge is 0.335 e. The number of ether oxygens (including phenoxy) is 1. The standard InChI is InChI=1S/C8H8.C6H6O4/c1-2-8-6-4-3-5-7-8;1-2-10-6(9)4-3-5(7)8/h2-7H,1H2;2-4H,1H2,(H,7,8)/b;4-3-. The first-order valence-electron chi connectivity index (χ1n) is 5.00. The Bertz CT molecular complexity index is 432. The lowest BCUT2D eigenvalue weighted by Crippen LogP contribution is -1.95. The van der Waals surface area contributed by atoms with Gasteiger partial charge < -0.3 is 9.84 Å². The van der Waals surface area contributed by atoms with Crippen molar-refractivity contribution in [3.63, 3.8) is 0 Å². The molecule has 0 amide bonds. The van der Waals surface area contributed by atoms with Gasteiger partial charge in [-0.25, -0.2) is 9.59 Å². The van der Waals surface area contributed by atoms with Crippen molar-refractivity contribution in [3.8, 4) is 0 Å². The number of hydrogen-bond acceptors (Lipinski definition) is 3. The monoisotopic (exact) mass is 246 g/mol. The molecule has 94 valence electrons. The summed E-state index contributed by atoms with van der Waals surface area (Å²) in [5, 5.41) is 8.01. The Balaban J connectivity index is 0.000000327. The third-order valence-electron chi connectivity index (χ3n) is 1.60. The Kier molecular flexibility index (Phi) is 8.20. The maximum absolute atomic E-state index is 10.3. The van der Waals surface area contributed by atoms with E-state index in [4.69, 9.17) is 5.11 Å². The number of carbonyl (C=O) groups excluding carboxylic acids is 1. The van der Waals surface area contributed by atoms with Gasteiger partial charge in [0.2, 0.25) is 0 Å².